The lowest BCUT2D eigenvalue weighted by Gasteiger charge is -2.41. The van der Waals surface area contributed by atoms with Crippen LogP contribution in [0.25, 0.3) is 22.3 Å². The van der Waals surface area contributed by atoms with Crippen LogP contribution in [0.1, 0.15) is 0 Å². The molecule has 3 heterocycles. The lowest BCUT2D eigenvalue weighted by molar-refractivity contribution is -0.307. The van der Waals surface area contributed by atoms with Crippen LogP contribution in [0.2, 0.25) is 0 Å². The van der Waals surface area contributed by atoms with E-state index >= 15 is 0 Å². The minimum Gasteiger partial charge on any atom is -0.508 e. The van der Waals surface area contributed by atoms with Crippen LogP contribution < -0.4 is 10.2 Å². The second kappa shape index (κ2) is 11.4. The van der Waals surface area contributed by atoms with E-state index in [4.69, 9.17) is 23.4 Å². The van der Waals surface area contributed by atoms with Crippen molar-refractivity contribution < 1.29 is 69.3 Å². The quantitative estimate of drug-likeness (QED) is 0.156. The molecule has 2 aliphatic rings. The number of aromatic hydroxyl groups is 3. The monoisotopic (exact) mass is 580 g/mol. The lowest BCUT2D eigenvalue weighted by atomic mass is 9.99. The van der Waals surface area contributed by atoms with Gasteiger partial charge in [-0.05, 0) is 24.3 Å². The first kappa shape index (κ1) is 29.0. The highest BCUT2D eigenvalue weighted by Crippen LogP contribution is 2.37. The zero-order valence-corrected chi connectivity index (χ0v) is 21.0. The van der Waals surface area contributed by atoms with E-state index < -0.39 is 84.6 Å². The summed E-state index contributed by atoms with van der Waals surface area (Å²) in [5.41, 5.74) is -0.954. The third kappa shape index (κ3) is 5.54. The molecule has 2 aromatic carbocycles. The molecule has 15 heteroatoms. The summed E-state index contributed by atoms with van der Waals surface area (Å²) in [4.78, 5) is 13.5. The highest BCUT2D eigenvalue weighted by atomic mass is 16.7. The summed E-state index contributed by atoms with van der Waals surface area (Å²) in [6.45, 7) is -0.918. The number of fused-ring (bicyclic) bond motifs is 1. The fraction of sp³-hybridized carbons (Fsp3) is 0.423. The zero-order chi connectivity index (χ0) is 29.6. The number of phenolic OH excluding ortho intramolecular Hbond substituents is 3. The van der Waals surface area contributed by atoms with Gasteiger partial charge in [0, 0.05) is 17.7 Å². The normalized spacial score (nSPS) is 32.2. The van der Waals surface area contributed by atoms with Crippen molar-refractivity contribution in [2.45, 2.75) is 55.3 Å². The molecule has 1 aromatic heterocycles. The lowest BCUT2D eigenvalue weighted by Crippen LogP contribution is -2.61. The summed E-state index contributed by atoms with van der Waals surface area (Å²) in [6.07, 6.45) is -14.8. The Kier molecular flexibility index (Phi) is 8.06. The molecule has 0 radical (unpaired) electrons. The predicted molar refractivity (Wildman–Crippen MR) is 134 cm³/mol. The van der Waals surface area contributed by atoms with Crippen molar-refractivity contribution in [1.29, 1.82) is 0 Å². The van der Waals surface area contributed by atoms with Crippen LogP contribution in [0.3, 0.4) is 0 Å². The molecule has 3 aromatic rings. The van der Waals surface area contributed by atoms with E-state index in [1.165, 1.54) is 24.3 Å². The van der Waals surface area contributed by atoms with Gasteiger partial charge < -0.3 is 69.3 Å². The molecule has 0 spiro atoms. The Bertz CT molecular complexity index is 1440. The van der Waals surface area contributed by atoms with E-state index in [1.54, 1.807) is 0 Å². The number of hydrogen-bond acceptors (Lipinski definition) is 15. The standard InChI is InChI=1S/C26H28O15/c27-10-3-1-9(2-4-10)23-24(19(33)16-12(29)5-11(28)6-14(16)39-23)41-26-22(36)20(34)18(32)15(40-26)8-38-25-21(35)17(31)13(30)7-37-25/h1-6,13,15,17-18,20-22,25-32,34-36H,7-8H2/t13-,15-,17+,18-,20+,21-,22-,25+,26+/m1/s1. The number of hydrogen-bond donors (Lipinski definition) is 9. The van der Waals surface area contributed by atoms with Gasteiger partial charge in [-0.2, -0.15) is 0 Å². The first-order valence-electron chi connectivity index (χ1n) is 12.4. The average Bonchev–Trinajstić information content (AvgIpc) is 2.93. The highest BCUT2D eigenvalue weighted by Gasteiger charge is 2.47. The van der Waals surface area contributed by atoms with E-state index in [0.717, 1.165) is 12.1 Å². The van der Waals surface area contributed by atoms with E-state index in [9.17, 15) is 50.8 Å². The average molecular weight is 580 g/mol. The van der Waals surface area contributed by atoms with Crippen LogP contribution in [-0.2, 0) is 14.2 Å². The molecule has 5 rings (SSSR count). The van der Waals surface area contributed by atoms with Crippen LogP contribution in [0, 0.1) is 0 Å². The molecule has 15 nitrogen and oxygen atoms in total. The van der Waals surface area contributed by atoms with Gasteiger partial charge in [-0.1, -0.05) is 0 Å². The van der Waals surface area contributed by atoms with Gasteiger partial charge in [0.25, 0.3) is 0 Å². The fourth-order valence-corrected chi connectivity index (χ4v) is 4.56. The second-order valence-corrected chi connectivity index (χ2v) is 9.69. The summed E-state index contributed by atoms with van der Waals surface area (Å²) in [7, 11) is 0. The smallest absolute Gasteiger partial charge is 0.239 e. The molecule has 2 saturated heterocycles. The maximum absolute atomic E-state index is 13.5. The van der Waals surface area contributed by atoms with Gasteiger partial charge >= 0.3 is 0 Å². The molecule has 0 saturated carbocycles. The van der Waals surface area contributed by atoms with E-state index in [2.05, 4.69) is 0 Å². The van der Waals surface area contributed by atoms with Gasteiger partial charge in [0.1, 0.15) is 70.9 Å². The largest absolute Gasteiger partial charge is 0.508 e. The molecule has 0 unspecified atom stereocenters. The first-order valence-corrected chi connectivity index (χ1v) is 12.4. The summed E-state index contributed by atoms with van der Waals surface area (Å²) in [5.74, 6) is -1.97. The van der Waals surface area contributed by atoms with Gasteiger partial charge in [0.15, 0.2) is 12.1 Å². The number of rotatable bonds is 6. The van der Waals surface area contributed by atoms with Crippen LogP contribution in [0.5, 0.6) is 23.0 Å². The summed E-state index contributed by atoms with van der Waals surface area (Å²) >= 11 is 0. The van der Waals surface area contributed by atoms with Gasteiger partial charge in [-0.15, -0.1) is 0 Å². The van der Waals surface area contributed by atoms with Crippen LogP contribution in [-0.4, -0.2) is 114 Å². The Morgan fingerprint density at radius 1 is 0.805 bits per heavy atom. The minimum atomic E-state index is -1.91. The molecule has 9 atom stereocenters. The predicted octanol–water partition coefficient (Wildman–Crippen LogP) is -1.78. The molecule has 9 N–H and O–H groups in total. The number of aliphatic hydroxyl groups is 6. The topological polar surface area (TPSA) is 249 Å². The minimum absolute atomic E-state index is 0.102. The van der Waals surface area contributed by atoms with Crippen LogP contribution in [0.15, 0.2) is 45.6 Å². The van der Waals surface area contributed by atoms with Crippen molar-refractivity contribution in [2.24, 2.45) is 0 Å². The van der Waals surface area contributed by atoms with E-state index in [-0.39, 0.29) is 34.6 Å². The van der Waals surface area contributed by atoms with Gasteiger partial charge in [0.2, 0.25) is 17.5 Å². The number of benzene rings is 2. The Labute approximate surface area is 230 Å². The van der Waals surface area contributed by atoms with Crippen molar-refractivity contribution in [3.63, 3.8) is 0 Å². The summed E-state index contributed by atoms with van der Waals surface area (Å²) in [5, 5.41) is 90.6. The van der Waals surface area contributed by atoms with Crippen molar-refractivity contribution >= 4 is 11.0 Å². The van der Waals surface area contributed by atoms with E-state index in [1.807, 2.05) is 0 Å². The Hall–Kier alpha value is -3.51. The second-order valence-electron chi connectivity index (χ2n) is 9.69. The maximum Gasteiger partial charge on any atom is 0.239 e. The molecule has 2 fully saturated rings. The van der Waals surface area contributed by atoms with E-state index in [0.29, 0.717) is 0 Å². The highest BCUT2D eigenvalue weighted by molar-refractivity contribution is 5.88. The van der Waals surface area contributed by atoms with Crippen molar-refractivity contribution in [1.82, 2.24) is 0 Å². The van der Waals surface area contributed by atoms with Gasteiger partial charge in [0.05, 0.1) is 13.2 Å². The van der Waals surface area contributed by atoms with Gasteiger partial charge in [-0.3, -0.25) is 4.79 Å². The van der Waals surface area contributed by atoms with Crippen molar-refractivity contribution in [3.8, 4) is 34.3 Å². The summed E-state index contributed by atoms with van der Waals surface area (Å²) < 4.78 is 27.6. The van der Waals surface area contributed by atoms with Crippen LogP contribution >= 0.6 is 0 Å². The van der Waals surface area contributed by atoms with Crippen LogP contribution in [0.4, 0.5) is 0 Å². The number of aliphatic hydroxyl groups excluding tert-OH is 6. The molecule has 0 aliphatic carbocycles. The third-order valence-electron chi connectivity index (χ3n) is 6.83. The number of phenols is 3. The molecule has 222 valence electrons. The molecule has 41 heavy (non-hydrogen) atoms. The van der Waals surface area contributed by atoms with Crippen molar-refractivity contribution in [3.05, 3.63) is 46.6 Å². The number of ether oxygens (including phenoxy) is 4. The Morgan fingerprint density at radius 3 is 2.20 bits per heavy atom. The molecular weight excluding hydrogens is 552 g/mol. The van der Waals surface area contributed by atoms with Crippen molar-refractivity contribution in [2.75, 3.05) is 13.2 Å². The summed E-state index contributed by atoms with van der Waals surface area (Å²) in [6, 6.07) is 7.33. The Morgan fingerprint density at radius 2 is 1.49 bits per heavy atom. The molecule has 0 amide bonds. The first-order chi connectivity index (χ1) is 19.5. The fourth-order valence-electron chi connectivity index (χ4n) is 4.56. The maximum atomic E-state index is 13.5. The Balaban J connectivity index is 1.46. The zero-order valence-electron chi connectivity index (χ0n) is 21.0. The molecular formula is C26H28O15. The molecule has 0 bridgehead atoms. The third-order valence-corrected chi connectivity index (χ3v) is 6.83. The molecule has 2 aliphatic heterocycles. The SMILES string of the molecule is O=c1c(O[C@@H]2O[C@H](CO[C@@H]3OC[C@@H](O)[C@H](O)[C@H]3O)[C@@H](O)[C@H](O)[C@H]2O)c(-c2ccc(O)cc2)oc2cc(O)cc(O)c12. The van der Waals surface area contributed by atoms with Gasteiger partial charge in [-0.25, -0.2) is 0 Å².